The first-order valence-corrected chi connectivity index (χ1v) is 21.1. The molecular formula is C38H44BrN7O11S2. The molecule has 1 unspecified atom stereocenters. The minimum atomic E-state index is -3.85. The number of unbranched alkanes of at least 4 members (excludes halogenated alkanes) is 1. The van der Waals surface area contributed by atoms with E-state index in [0.29, 0.717) is 44.7 Å². The number of amides is 5. The van der Waals surface area contributed by atoms with Crippen LogP contribution in [0.25, 0.3) is 0 Å². The molecule has 11 N–H and O–H groups in total. The molecule has 0 aliphatic carbocycles. The van der Waals surface area contributed by atoms with Gasteiger partial charge in [-0.1, -0.05) is 24.0 Å². The van der Waals surface area contributed by atoms with E-state index < -0.39 is 88.5 Å². The van der Waals surface area contributed by atoms with Gasteiger partial charge in [0.1, 0.15) is 24.2 Å². The molecule has 0 saturated heterocycles. The third-order valence-electron chi connectivity index (χ3n) is 8.35. The first-order valence-electron chi connectivity index (χ1n) is 18.0. The number of primary sulfonamides is 1. The van der Waals surface area contributed by atoms with Crippen LogP contribution in [0, 0.1) is 11.8 Å². The number of halogens is 1. The average Bonchev–Trinajstić information content (AvgIpc) is 3.62. The van der Waals surface area contributed by atoms with Crippen molar-refractivity contribution in [2.24, 2.45) is 10.9 Å². The van der Waals surface area contributed by atoms with Crippen LogP contribution in [0.15, 0.2) is 69.3 Å². The van der Waals surface area contributed by atoms with Crippen molar-refractivity contribution in [1.29, 1.82) is 0 Å². The Balaban J connectivity index is 1.66. The number of benzene rings is 2. The Bertz CT molecular complexity index is 2170. The normalized spacial score (nSPS) is 12.9. The third-order valence-corrected chi connectivity index (χ3v) is 10.9. The third kappa shape index (κ3) is 16.6. The predicted octanol–water partition coefficient (Wildman–Crippen LogP) is 0.568. The van der Waals surface area contributed by atoms with Gasteiger partial charge in [-0.05, 0) is 103 Å². The number of thiophene rings is 1. The number of rotatable bonds is 21. The van der Waals surface area contributed by atoms with Gasteiger partial charge >= 0.3 is 11.9 Å². The number of carbonyl (C=O) groups excluding carboxylic acids is 5. The SMILES string of the molecule is CC(NC(=O)c1ccc(Br)s1)C(=O)N[C@@H](Cc1ccc(C#Cc2ccc(S(N)(=O)=O)cc2)cc1)C(=O)NCCC(=O)N[C@H](CC(=O)N[C@H](CCCCN)C(=O)O)C(=O)O. The number of sulfonamides is 1. The number of carboxylic acids is 2. The fourth-order valence-corrected chi connectivity index (χ4v) is 6.99. The molecule has 18 nitrogen and oxygen atoms in total. The van der Waals surface area contributed by atoms with Crippen molar-refractivity contribution in [3.8, 4) is 11.8 Å². The van der Waals surface area contributed by atoms with Crippen molar-refractivity contribution < 1.29 is 52.2 Å². The summed E-state index contributed by atoms with van der Waals surface area (Å²) in [7, 11) is -3.85. The Morgan fingerprint density at radius 2 is 1.36 bits per heavy atom. The predicted molar refractivity (Wildman–Crippen MR) is 219 cm³/mol. The first-order chi connectivity index (χ1) is 27.9. The van der Waals surface area contributed by atoms with E-state index in [0.717, 1.165) is 11.3 Å². The van der Waals surface area contributed by atoms with Gasteiger partial charge in [0.05, 0.1) is 20.0 Å². The Labute approximate surface area is 352 Å². The summed E-state index contributed by atoms with van der Waals surface area (Å²) in [5, 5.41) is 36.3. The highest BCUT2D eigenvalue weighted by Gasteiger charge is 2.28. The van der Waals surface area contributed by atoms with E-state index in [-0.39, 0.29) is 24.3 Å². The molecule has 0 aliphatic heterocycles. The fourth-order valence-electron chi connectivity index (χ4n) is 5.19. The van der Waals surface area contributed by atoms with Gasteiger partial charge in [-0.15, -0.1) is 11.3 Å². The van der Waals surface area contributed by atoms with E-state index >= 15 is 0 Å². The number of aliphatic carboxylic acids is 2. The van der Waals surface area contributed by atoms with Crippen molar-refractivity contribution in [3.63, 3.8) is 0 Å². The molecular weight excluding hydrogens is 874 g/mol. The maximum absolute atomic E-state index is 13.5. The second-order valence-electron chi connectivity index (χ2n) is 13.0. The molecule has 0 saturated carbocycles. The van der Waals surface area contributed by atoms with Gasteiger partial charge in [0, 0.05) is 30.5 Å². The van der Waals surface area contributed by atoms with E-state index in [4.69, 9.17) is 10.9 Å². The van der Waals surface area contributed by atoms with Crippen molar-refractivity contribution in [2.75, 3.05) is 13.1 Å². The highest BCUT2D eigenvalue weighted by Crippen LogP contribution is 2.22. The van der Waals surface area contributed by atoms with Gasteiger partial charge in [0.2, 0.25) is 33.7 Å². The minimum absolute atomic E-state index is 0.0369. The van der Waals surface area contributed by atoms with E-state index in [1.54, 1.807) is 36.4 Å². The summed E-state index contributed by atoms with van der Waals surface area (Å²) in [6, 6.07) is 10.4. The van der Waals surface area contributed by atoms with Gasteiger partial charge in [0.15, 0.2) is 0 Å². The molecule has 0 spiro atoms. The van der Waals surface area contributed by atoms with Crippen LogP contribution in [0.3, 0.4) is 0 Å². The number of hydrogen-bond donors (Lipinski definition) is 9. The van der Waals surface area contributed by atoms with Crippen molar-refractivity contribution in [2.45, 2.75) is 74.5 Å². The van der Waals surface area contributed by atoms with Gasteiger partial charge in [0.25, 0.3) is 5.91 Å². The average molecular weight is 919 g/mol. The van der Waals surface area contributed by atoms with Crippen molar-refractivity contribution >= 4 is 78.8 Å². The number of hydrogen-bond acceptors (Lipinski definition) is 11. The lowest BCUT2D eigenvalue weighted by Crippen LogP contribution is -2.54. The number of carbonyl (C=O) groups is 7. The molecule has 59 heavy (non-hydrogen) atoms. The van der Waals surface area contributed by atoms with Crippen LogP contribution in [-0.4, -0.2) is 97.4 Å². The summed E-state index contributed by atoms with van der Waals surface area (Å²) >= 11 is 4.45. The molecule has 0 aliphatic rings. The second-order valence-corrected chi connectivity index (χ2v) is 17.1. The monoisotopic (exact) mass is 917 g/mol. The van der Waals surface area contributed by atoms with Gasteiger partial charge in [-0.2, -0.15) is 0 Å². The van der Waals surface area contributed by atoms with Gasteiger partial charge < -0.3 is 42.5 Å². The topological polar surface area (TPSA) is 306 Å². The van der Waals surface area contributed by atoms with Crippen LogP contribution in [-0.2, 0) is 45.2 Å². The zero-order chi connectivity index (χ0) is 43.7. The minimum Gasteiger partial charge on any atom is -0.480 e. The van der Waals surface area contributed by atoms with Crippen LogP contribution in [0.4, 0.5) is 0 Å². The number of carboxylic acid groups (broad SMARTS) is 2. The maximum Gasteiger partial charge on any atom is 0.326 e. The van der Waals surface area contributed by atoms with E-state index in [1.165, 1.54) is 31.2 Å². The van der Waals surface area contributed by atoms with Crippen LogP contribution >= 0.6 is 27.3 Å². The highest BCUT2D eigenvalue weighted by molar-refractivity contribution is 9.11. The highest BCUT2D eigenvalue weighted by atomic mass is 79.9. The van der Waals surface area contributed by atoms with Crippen LogP contribution in [0.1, 0.15) is 65.4 Å². The summed E-state index contributed by atoms with van der Waals surface area (Å²) in [4.78, 5) is 88.2. The lowest BCUT2D eigenvalue weighted by Gasteiger charge is -2.21. The van der Waals surface area contributed by atoms with Crippen molar-refractivity contribution in [1.82, 2.24) is 26.6 Å². The molecule has 1 aromatic heterocycles. The molecule has 0 radical (unpaired) electrons. The molecule has 3 aromatic rings. The molecule has 4 atom stereocenters. The fraction of sp³-hybridized carbons (Fsp3) is 0.342. The Morgan fingerprint density at radius 3 is 1.90 bits per heavy atom. The standard InChI is InChI=1S/C38H44BrN7O11S2/c1-22(43-36(51)30-15-16-31(39)58-30)34(49)46-28(20-25-9-7-23(8-10-25)5-6-24-11-13-26(14-12-24)59(41,56)57)35(50)42-19-17-32(47)45-29(38(54)55)21-33(48)44-27(37(52)53)4-2-3-18-40/h7-16,22,27-29H,2-4,17-21,40H2,1H3,(H,42,50)(H,43,51)(H,44,48)(H,45,47)(H,46,49)(H,52,53)(H,54,55)(H2,41,56,57)/t22?,27-,28+,29-/m1/s1. The summed E-state index contributed by atoms with van der Waals surface area (Å²) in [5.41, 5.74) is 7.13. The van der Waals surface area contributed by atoms with E-state index in [9.17, 15) is 52.2 Å². The molecule has 5 amide bonds. The smallest absolute Gasteiger partial charge is 0.326 e. The van der Waals surface area contributed by atoms with Crippen LogP contribution < -0.4 is 37.5 Å². The lowest BCUT2D eigenvalue weighted by atomic mass is 10.0. The lowest BCUT2D eigenvalue weighted by molar-refractivity contribution is -0.144. The zero-order valence-electron chi connectivity index (χ0n) is 31.7. The number of nitrogens with one attached hydrogen (secondary N) is 5. The molecule has 0 bridgehead atoms. The largest absolute Gasteiger partial charge is 0.480 e. The number of nitrogens with two attached hydrogens (primary N) is 2. The molecule has 1 heterocycles. The quantitative estimate of drug-likeness (QED) is 0.0524. The Hall–Kier alpha value is -5.66. The van der Waals surface area contributed by atoms with Crippen molar-refractivity contribution in [3.05, 3.63) is 86.0 Å². The van der Waals surface area contributed by atoms with E-state index in [1.807, 2.05) is 0 Å². The molecule has 21 heteroatoms. The Morgan fingerprint density at radius 1 is 0.763 bits per heavy atom. The first kappa shape index (κ1) is 47.7. The molecule has 316 valence electrons. The van der Waals surface area contributed by atoms with E-state index in [2.05, 4.69) is 54.4 Å². The Kier molecular flexibility index (Phi) is 18.7. The summed E-state index contributed by atoms with van der Waals surface area (Å²) < 4.78 is 23.7. The molecule has 3 rings (SSSR count). The maximum atomic E-state index is 13.5. The summed E-state index contributed by atoms with van der Waals surface area (Å²) in [6.45, 7) is 1.47. The zero-order valence-corrected chi connectivity index (χ0v) is 34.9. The van der Waals surface area contributed by atoms with Crippen LogP contribution in [0.2, 0.25) is 0 Å². The van der Waals surface area contributed by atoms with Gasteiger partial charge in [-0.25, -0.2) is 23.1 Å². The summed E-state index contributed by atoms with van der Waals surface area (Å²) in [6.07, 6.45) is -0.187. The molecule has 0 fully saturated rings. The van der Waals surface area contributed by atoms with Crippen LogP contribution in [0.5, 0.6) is 0 Å². The molecule has 2 aromatic carbocycles. The second kappa shape index (κ2) is 23.1. The van der Waals surface area contributed by atoms with Gasteiger partial charge in [-0.3, -0.25) is 24.0 Å². The summed E-state index contributed by atoms with van der Waals surface area (Å²) in [5.74, 6) is -0.630.